The first-order valence-corrected chi connectivity index (χ1v) is 12.2. The first kappa shape index (κ1) is 23.9. The highest BCUT2D eigenvalue weighted by Gasteiger charge is 2.45. The number of pyridine rings is 1. The summed E-state index contributed by atoms with van der Waals surface area (Å²) in [5.41, 5.74) is 2.14. The van der Waals surface area contributed by atoms with Crippen LogP contribution in [0.3, 0.4) is 0 Å². The van der Waals surface area contributed by atoms with Gasteiger partial charge in [-0.05, 0) is 55.2 Å². The molecule has 0 amide bonds. The van der Waals surface area contributed by atoms with Crippen molar-refractivity contribution in [1.82, 2.24) is 4.57 Å². The van der Waals surface area contributed by atoms with Crippen LogP contribution >= 0.6 is 0 Å². The number of anilines is 3. The SMILES string of the molecule is CCc1ccc(Nc2c(NS(=O)C3CC3c3ccc(OC)cc3F)cc(C)c(=O)n2C)c(F)c1. The lowest BCUT2D eigenvalue weighted by atomic mass is 10.1. The molecule has 2 aromatic carbocycles. The fourth-order valence-electron chi connectivity index (χ4n) is 3.98. The number of hydrogen-bond acceptors (Lipinski definition) is 4. The second kappa shape index (κ2) is 9.58. The van der Waals surface area contributed by atoms with Crippen molar-refractivity contribution >= 4 is 28.2 Å². The first-order valence-electron chi connectivity index (χ1n) is 11.0. The molecule has 180 valence electrons. The number of nitrogens with zero attached hydrogens (tertiary/aromatic N) is 1. The quantitative estimate of drug-likeness (QED) is 0.473. The Labute approximate surface area is 199 Å². The van der Waals surface area contributed by atoms with E-state index in [0.29, 0.717) is 41.2 Å². The fraction of sp³-hybridized carbons (Fsp3) is 0.320. The molecule has 1 aliphatic carbocycles. The lowest BCUT2D eigenvalue weighted by molar-refractivity contribution is 0.410. The van der Waals surface area contributed by atoms with E-state index in [0.717, 1.165) is 5.56 Å². The fourth-order valence-corrected chi connectivity index (χ4v) is 5.34. The molecule has 34 heavy (non-hydrogen) atoms. The summed E-state index contributed by atoms with van der Waals surface area (Å²) in [6.45, 7) is 3.59. The summed E-state index contributed by atoms with van der Waals surface area (Å²) in [7, 11) is 1.48. The van der Waals surface area contributed by atoms with Gasteiger partial charge in [0.05, 0.1) is 23.7 Å². The largest absolute Gasteiger partial charge is 0.497 e. The number of methoxy groups -OCH3 is 1. The van der Waals surface area contributed by atoms with Gasteiger partial charge in [-0.15, -0.1) is 0 Å². The van der Waals surface area contributed by atoms with E-state index in [4.69, 9.17) is 4.74 Å². The van der Waals surface area contributed by atoms with Crippen molar-refractivity contribution < 1.29 is 17.7 Å². The van der Waals surface area contributed by atoms with Gasteiger partial charge in [0.25, 0.3) is 5.56 Å². The van der Waals surface area contributed by atoms with Crippen LogP contribution < -0.4 is 20.3 Å². The molecule has 3 unspecified atom stereocenters. The van der Waals surface area contributed by atoms with Gasteiger partial charge in [0.15, 0.2) is 0 Å². The Morgan fingerprint density at radius 2 is 1.88 bits per heavy atom. The van der Waals surface area contributed by atoms with Gasteiger partial charge in [0.1, 0.15) is 34.2 Å². The van der Waals surface area contributed by atoms with Crippen LogP contribution in [0.2, 0.25) is 0 Å². The second-order valence-corrected chi connectivity index (χ2v) is 9.82. The standard InChI is InChI=1S/C25H27F2N3O3S/c1-5-15-6-9-21(20(27)11-15)28-24-22(10-14(2)25(31)30(24)3)29-34(32)23-13-18(23)17-8-7-16(33-4)12-19(17)26/h6-12,18,23,28-29H,5,13H2,1-4H3. The summed E-state index contributed by atoms with van der Waals surface area (Å²) in [6, 6.07) is 11.1. The molecule has 1 heterocycles. The smallest absolute Gasteiger partial charge is 0.254 e. The van der Waals surface area contributed by atoms with Crippen LogP contribution in [0.4, 0.5) is 26.0 Å². The lowest BCUT2D eigenvalue weighted by Crippen LogP contribution is -2.24. The summed E-state index contributed by atoms with van der Waals surface area (Å²) in [5, 5.41) is 2.68. The Balaban J connectivity index is 1.59. The van der Waals surface area contributed by atoms with Crippen molar-refractivity contribution in [2.75, 3.05) is 17.1 Å². The Morgan fingerprint density at radius 3 is 2.53 bits per heavy atom. The van der Waals surface area contributed by atoms with Gasteiger partial charge in [0.2, 0.25) is 0 Å². The van der Waals surface area contributed by atoms with E-state index in [1.807, 2.05) is 6.92 Å². The molecule has 4 rings (SSSR count). The van der Waals surface area contributed by atoms with Gasteiger partial charge in [-0.2, -0.15) is 0 Å². The summed E-state index contributed by atoms with van der Waals surface area (Å²) in [5.74, 6) is -0.316. The molecular weight excluding hydrogens is 460 g/mol. The molecule has 1 fully saturated rings. The van der Waals surface area contributed by atoms with Gasteiger partial charge >= 0.3 is 0 Å². The minimum absolute atomic E-state index is 0.191. The van der Waals surface area contributed by atoms with Crippen molar-refractivity contribution in [3.63, 3.8) is 0 Å². The van der Waals surface area contributed by atoms with E-state index in [1.54, 1.807) is 44.3 Å². The topological polar surface area (TPSA) is 72.4 Å². The highest BCUT2D eigenvalue weighted by atomic mass is 32.2. The number of rotatable bonds is 8. The molecule has 3 aromatic rings. The summed E-state index contributed by atoms with van der Waals surface area (Å²) < 4.78 is 51.6. The van der Waals surface area contributed by atoms with E-state index in [2.05, 4.69) is 10.0 Å². The molecule has 0 bridgehead atoms. The molecular formula is C25H27F2N3O3S. The van der Waals surface area contributed by atoms with Crippen LogP contribution in [0.1, 0.15) is 36.0 Å². The predicted octanol–water partition coefficient (Wildman–Crippen LogP) is 4.92. The number of nitrogens with one attached hydrogen (secondary N) is 2. The van der Waals surface area contributed by atoms with Crippen LogP contribution in [-0.4, -0.2) is 21.1 Å². The van der Waals surface area contributed by atoms with E-state index in [1.165, 1.54) is 23.8 Å². The number of halogens is 2. The van der Waals surface area contributed by atoms with Crippen molar-refractivity contribution in [3.05, 3.63) is 81.1 Å². The molecule has 0 saturated heterocycles. The average molecular weight is 488 g/mol. The second-order valence-electron chi connectivity index (χ2n) is 8.41. The van der Waals surface area contributed by atoms with E-state index in [-0.39, 0.29) is 22.4 Å². The lowest BCUT2D eigenvalue weighted by Gasteiger charge is -2.18. The molecule has 9 heteroatoms. The van der Waals surface area contributed by atoms with Gasteiger partial charge < -0.3 is 14.8 Å². The zero-order chi connectivity index (χ0) is 24.6. The van der Waals surface area contributed by atoms with Crippen molar-refractivity contribution in [2.45, 2.75) is 37.9 Å². The molecule has 1 saturated carbocycles. The third kappa shape index (κ3) is 4.70. The molecule has 3 atom stereocenters. The Morgan fingerprint density at radius 1 is 1.12 bits per heavy atom. The highest BCUT2D eigenvalue weighted by molar-refractivity contribution is 7.87. The predicted molar refractivity (Wildman–Crippen MR) is 131 cm³/mol. The molecule has 1 aromatic heterocycles. The maximum atomic E-state index is 14.6. The number of benzene rings is 2. The van der Waals surface area contributed by atoms with E-state index < -0.39 is 22.6 Å². The minimum atomic E-state index is -1.56. The highest BCUT2D eigenvalue weighted by Crippen LogP contribution is 2.46. The Bertz CT molecular complexity index is 1330. The maximum Gasteiger partial charge on any atom is 0.254 e. The van der Waals surface area contributed by atoms with Gasteiger partial charge in [-0.1, -0.05) is 19.1 Å². The van der Waals surface area contributed by atoms with Crippen LogP contribution in [0, 0.1) is 18.6 Å². The number of ether oxygens (including phenoxy) is 1. The van der Waals surface area contributed by atoms with Crippen LogP contribution in [0.15, 0.2) is 47.3 Å². The van der Waals surface area contributed by atoms with Crippen LogP contribution in [0.5, 0.6) is 5.75 Å². The third-order valence-electron chi connectivity index (χ3n) is 6.11. The zero-order valence-electron chi connectivity index (χ0n) is 19.4. The van der Waals surface area contributed by atoms with E-state index >= 15 is 0 Å². The number of aromatic nitrogens is 1. The van der Waals surface area contributed by atoms with Crippen molar-refractivity contribution in [3.8, 4) is 5.75 Å². The number of aryl methyl sites for hydroxylation is 2. The summed E-state index contributed by atoms with van der Waals surface area (Å²) in [6.07, 6.45) is 1.26. The Kier molecular flexibility index (Phi) is 6.74. The zero-order valence-corrected chi connectivity index (χ0v) is 20.3. The molecule has 0 spiro atoms. The maximum absolute atomic E-state index is 14.6. The van der Waals surface area contributed by atoms with Gasteiger partial charge in [-0.3, -0.25) is 9.36 Å². The number of hydrogen-bond donors (Lipinski definition) is 2. The summed E-state index contributed by atoms with van der Waals surface area (Å²) >= 11 is 0. The van der Waals surface area contributed by atoms with Gasteiger partial charge in [-0.25, -0.2) is 13.0 Å². The molecule has 1 aliphatic rings. The molecule has 0 aliphatic heterocycles. The third-order valence-corrected chi connectivity index (χ3v) is 7.60. The molecule has 2 N–H and O–H groups in total. The van der Waals surface area contributed by atoms with Crippen molar-refractivity contribution in [1.29, 1.82) is 0 Å². The van der Waals surface area contributed by atoms with Gasteiger partial charge in [0, 0.05) is 24.6 Å². The van der Waals surface area contributed by atoms with E-state index in [9.17, 15) is 17.8 Å². The van der Waals surface area contributed by atoms with Crippen molar-refractivity contribution in [2.24, 2.45) is 7.05 Å². The Hall–Kier alpha value is -3.20. The first-order chi connectivity index (χ1) is 16.2. The van der Waals surface area contributed by atoms with Crippen LogP contribution in [-0.2, 0) is 24.5 Å². The molecule has 0 radical (unpaired) electrons. The average Bonchev–Trinajstić information content (AvgIpc) is 3.61. The normalized spacial score (nSPS) is 17.8. The van der Waals surface area contributed by atoms with Crippen LogP contribution in [0.25, 0.3) is 0 Å². The molecule has 6 nitrogen and oxygen atoms in total. The minimum Gasteiger partial charge on any atom is -0.497 e. The monoisotopic (exact) mass is 487 g/mol. The summed E-state index contributed by atoms with van der Waals surface area (Å²) in [4.78, 5) is 12.5.